The van der Waals surface area contributed by atoms with Crippen molar-refractivity contribution in [1.82, 2.24) is 18.9 Å². The third kappa shape index (κ3) is 2.73. The van der Waals surface area contributed by atoms with Gasteiger partial charge in [-0.05, 0) is 17.5 Å². The van der Waals surface area contributed by atoms with Crippen LogP contribution in [0.3, 0.4) is 0 Å². The van der Waals surface area contributed by atoms with Gasteiger partial charge in [-0.2, -0.15) is 9.40 Å². The highest BCUT2D eigenvalue weighted by Crippen LogP contribution is 2.22. The van der Waals surface area contributed by atoms with Gasteiger partial charge in [0, 0.05) is 37.1 Å². The van der Waals surface area contributed by atoms with Crippen LogP contribution in [0.5, 0.6) is 0 Å². The first kappa shape index (κ1) is 14.3. The number of fused-ring (bicyclic) bond motifs is 1. The number of benzene rings is 1. The third-order valence-corrected chi connectivity index (χ3v) is 6.00. The van der Waals surface area contributed by atoms with Crippen molar-refractivity contribution in [3.05, 3.63) is 54.5 Å². The Bertz CT molecular complexity index is 948. The van der Waals surface area contributed by atoms with E-state index in [1.165, 1.54) is 0 Å². The number of rotatable bonds is 3. The zero-order chi connectivity index (χ0) is 15.9. The average molecular weight is 328 g/mol. The zero-order valence-electron chi connectivity index (χ0n) is 12.5. The molecule has 0 atom stereocenters. The Hall–Kier alpha value is -2.25. The molecule has 1 saturated heterocycles. The fourth-order valence-electron chi connectivity index (χ4n) is 2.83. The highest BCUT2D eigenvalue weighted by molar-refractivity contribution is 7.89. The topological polar surface area (TPSA) is 67.6 Å². The molecule has 0 amide bonds. The molecule has 1 aliphatic rings. The summed E-state index contributed by atoms with van der Waals surface area (Å²) in [4.78, 5) is 4.36. The molecule has 0 spiro atoms. The van der Waals surface area contributed by atoms with Gasteiger partial charge in [-0.25, -0.2) is 17.9 Å². The van der Waals surface area contributed by atoms with Crippen LogP contribution >= 0.6 is 0 Å². The molecule has 2 aromatic heterocycles. The summed E-state index contributed by atoms with van der Waals surface area (Å²) >= 11 is 0. The Labute approximate surface area is 134 Å². The lowest BCUT2D eigenvalue weighted by Crippen LogP contribution is -2.25. The molecule has 0 saturated carbocycles. The molecule has 6 nitrogen and oxygen atoms in total. The monoisotopic (exact) mass is 328 g/mol. The van der Waals surface area contributed by atoms with E-state index < -0.39 is 10.0 Å². The summed E-state index contributed by atoms with van der Waals surface area (Å²) in [7, 11) is -3.05. The van der Waals surface area contributed by atoms with Gasteiger partial charge in [-0.1, -0.05) is 24.3 Å². The van der Waals surface area contributed by atoms with Crippen molar-refractivity contribution < 1.29 is 8.42 Å². The SMILES string of the molecule is O=S1(=O)CCCN1Cc1ccc(-c2cnc3ccnn3c2)cc1. The van der Waals surface area contributed by atoms with Crippen LogP contribution in [0, 0.1) is 0 Å². The van der Waals surface area contributed by atoms with E-state index in [1.807, 2.05) is 42.7 Å². The van der Waals surface area contributed by atoms with Crippen molar-refractivity contribution >= 4 is 15.7 Å². The summed E-state index contributed by atoms with van der Waals surface area (Å²) in [6.45, 7) is 1.06. The largest absolute Gasteiger partial charge is 0.236 e. The van der Waals surface area contributed by atoms with Gasteiger partial charge in [0.1, 0.15) is 0 Å². The van der Waals surface area contributed by atoms with E-state index in [-0.39, 0.29) is 5.75 Å². The fourth-order valence-corrected chi connectivity index (χ4v) is 4.34. The van der Waals surface area contributed by atoms with Gasteiger partial charge in [0.15, 0.2) is 5.65 Å². The Morgan fingerprint density at radius 2 is 1.91 bits per heavy atom. The average Bonchev–Trinajstić information content (AvgIpc) is 3.14. The van der Waals surface area contributed by atoms with Crippen LogP contribution in [-0.4, -0.2) is 39.6 Å². The first-order chi connectivity index (χ1) is 11.1. The summed E-state index contributed by atoms with van der Waals surface area (Å²) in [5.74, 6) is 0.265. The lowest BCUT2D eigenvalue weighted by molar-refractivity contribution is 0.440. The maximum Gasteiger partial charge on any atom is 0.214 e. The first-order valence-electron chi connectivity index (χ1n) is 7.48. The van der Waals surface area contributed by atoms with Crippen molar-refractivity contribution in [2.24, 2.45) is 0 Å². The van der Waals surface area contributed by atoms with Crippen molar-refractivity contribution in [2.45, 2.75) is 13.0 Å². The van der Waals surface area contributed by atoms with E-state index >= 15 is 0 Å². The molecule has 0 radical (unpaired) electrons. The smallest absolute Gasteiger partial charge is 0.214 e. The van der Waals surface area contributed by atoms with Crippen LogP contribution in [0.1, 0.15) is 12.0 Å². The molecule has 3 aromatic rings. The summed E-state index contributed by atoms with van der Waals surface area (Å²) in [6, 6.07) is 9.77. The molecular weight excluding hydrogens is 312 g/mol. The van der Waals surface area contributed by atoms with E-state index in [0.717, 1.165) is 28.8 Å². The summed E-state index contributed by atoms with van der Waals surface area (Å²) in [6.07, 6.45) is 6.18. The number of hydrogen-bond donors (Lipinski definition) is 0. The van der Waals surface area contributed by atoms with Gasteiger partial charge in [-0.3, -0.25) is 0 Å². The Morgan fingerprint density at radius 1 is 1.09 bits per heavy atom. The van der Waals surface area contributed by atoms with Crippen LogP contribution in [-0.2, 0) is 16.6 Å². The van der Waals surface area contributed by atoms with Crippen molar-refractivity contribution in [1.29, 1.82) is 0 Å². The van der Waals surface area contributed by atoms with Crippen LogP contribution in [0.25, 0.3) is 16.8 Å². The number of hydrogen-bond acceptors (Lipinski definition) is 4. The molecule has 1 aromatic carbocycles. The van der Waals surface area contributed by atoms with Gasteiger partial charge in [-0.15, -0.1) is 0 Å². The van der Waals surface area contributed by atoms with Crippen LogP contribution in [0.4, 0.5) is 0 Å². The molecule has 0 aliphatic carbocycles. The normalized spacial score (nSPS) is 17.7. The van der Waals surface area contributed by atoms with Crippen molar-refractivity contribution in [3.8, 4) is 11.1 Å². The second kappa shape index (κ2) is 5.43. The molecule has 7 heteroatoms. The van der Waals surface area contributed by atoms with Gasteiger partial charge in [0.2, 0.25) is 10.0 Å². The van der Waals surface area contributed by atoms with E-state index in [9.17, 15) is 8.42 Å². The number of aromatic nitrogens is 3. The fraction of sp³-hybridized carbons (Fsp3) is 0.250. The van der Waals surface area contributed by atoms with E-state index in [4.69, 9.17) is 0 Å². The molecule has 0 unspecified atom stereocenters. The second-order valence-electron chi connectivity index (χ2n) is 5.68. The Morgan fingerprint density at radius 3 is 2.65 bits per heavy atom. The van der Waals surface area contributed by atoms with Gasteiger partial charge >= 0.3 is 0 Å². The highest BCUT2D eigenvalue weighted by Gasteiger charge is 2.27. The molecule has 3 heterocycles. The molecule has 23 heavy (non-hydrogen) atoms. The van der Waals surface area contributed by atoms with E-state index in [2.05, 4.69) is 10.1 Å². The molecule has 4 rings (SSSR count). The maximum atomic E-state index is 11.9. The lowest BCUT2D eigenvalue weighted by atomic mass is 10.1. The minimum atomic E-state index is -3.05. The van der Waals surface area contributed by atoms with Gasteiger partial charge < -0.3 is 0 Å². The van der Waals surface area contributed by atoms with Crippen LogP contribution < -0.4 is 0 Å². The maximum absolute atomic E-state index is 11.9. The van der Waals surface area contributed by atoms with Crippen LogP contribution in [0.2, 0.25) is 0 Å². The molecule has 0 bridgehead atoms. The Kier molecular flexibility index (Phi) is 3.39. The third-order valence-electron chi connectivity index (χ3n) is 4.10. The summed E-state index contributed by atoms with van der Waals surface area (Å²) in [5.41, 5.74) is 3.81. The molecule has 1 aliphatic heterocycles. The minimum Gasteiger partial charge on any atom is -0.236 e. The highest BCUT2D eigenvalue weighted by atomic mass is 32.2. The van der Waals surface area contributed by atoms with Crippen molar-refractivity contribution in [3.63, 3.8) is 0 Å². The summed E-state index contributed by atoms with van der Waals surface area (Å²) < 4.78 is 27.0. The summed E-state index contributed by atoms with van der Waals surface area (Å²) in [5, 5.41) is 4.19. The number of nitrogens with zero attached hydrogens (tertiary/aromatic N) is 4. The molecular formula is C16H16N4O2S. The van der Waals surface area contributed by atoms with Gasteiger partial charge in [0.05, 0.1) is 11.9 Å². The van der Waals surface area contributed by atoms with Crippen LogP contribution in [0.15, 0.2) is 48.9 Å². The molecule has 118 valence electrons. The lowest BCUT2D eigenvalue weighted by Gasteiger charge is -2.14. The number of sulfonamides is 1. The molecule has 1 fully saturated rings. The van der Waals surface area contributed by atoms with Crippen molar-refractivity contribution in [2.75, 3.05) is 12.3 Å². The van der Waals surface area contributed by atoms with E-state index in [0.29, 0.717) is 13.1 Å². The predicted molar refractivity (Wildman–Crippen MR) is 87.2 cm³/mol. The standard InChI is InChI=1S/C16H16N4O2S/c21-23(22)9-1-8-19(23)11-13-2-4-14(5-3-13)15-10-17-16-6-7-18-20(16)12-15/h2-7,10,12H,1,8-9,11H2. The zero-order valence-corrected chi connectivity index (χ0v) is 13.3. The predicted octanol–water partition coefficient (Wildman–Crippen LogP) is 1.93. The molecule has 0 N–H and O–H groups in total. The van der Waals surface area contributed by atoms with E-state index in [1.54, 1.807) is 15.0 Å². The van der Waals surface area contributed by atoms with Gasteiger partial charge in [0.25, 0.3) is 0 Å². The second-order valence-corrected chi connectivity index (χ2v) is 7.77. The first-order valence-corrected chi connectivity index (χ1v) is 9.09. The Balaban J connectivity index is 1.58. The minimum absolute atomic E-state index is 0.265. The quantitative estimate of drug-likeness (QED) is 0.737.